The predicted molar refractivity (Wildman–Crippen MR) is 93.3 cm³/mol. The first-order chi connectivity index (χ1) is 10.3. The van der Waals surface area contributed by atoms with E-state index in [9.17, 15) is 0 Å². The topological polar surface area (TPSA) is 37.8 Å². The molecule has 0 atom stereocenters. The van der Waals surface area contributed by atoms with E-state index in [-0.39, 0.29) is 0 Å². The van der Waals surface area contributed by atoms with Gasteiger partial charge in [0, 0.05) is 6.54 Å². The maximum Gasteiger partial charge on any atom is 0.147 e. The number of nitrogens with one attached hydrogen (secondary N) is 1. The number of thiophene rings is 1. The number of rotatable bonds is 10. The van der Waals surface area contributed by atoms with Crippen LogP contribution in [0.4, 0.5) is 5.82 Å². The van der Waals surface area contributed by atoms with Gasteiger partial charge in [-0.05, 0) is 24.3 Å². The molecule has 1 N–H and O–H groups in total. The van der Waals surface area contributed by atoms with Crippen LogP contribution in [-0.4, -0.2) is 16.5 Å². The zero-order chi connectivity index (χ0) is 14.9. The van der Waals surface area contributed by atoms with Gasteiger partial charge in [0.15, 0.2) is 0 Å². The standard InChI is InChI=1S/C17H27N3S/c1-3-4-5-6-7-8-9-10-11-18-17-16-15(19-13-20-17)14(2)12-21-16/h12-13H,3-11H2,1-2H3,(H,18,19,20). The Morgan fingerprint density at radius 2 is 1.71 bits per heavy atom. The molecule has 2 heterocycles. The van der Waals surface area contributed by atoms with Crippen LogP contribution >= 0.6 is 11.3 Å². The fourth-order valence-electron chi connectivity index (χ4n) is 2.56. The molecule has 0 unspecified atom stereocenters. The molecule has 0 fully saturated rings. The van der Waals surface area contributed by atoms with E-state index >= 15 is 0 Å². The average molecular weight is 305 g/mol. The molecule has 2 aromatic rings. The molecule has 21 heavy (non-hydrogen) atoms. The molecule has 0 bridgehead atoms. The minimum atomic E-state index is 1.00. The van der Waals surface area contributed by atoms with Crippen molar-refractivity contribution in [2.75, 3.05) is 11.9 Å². The van der Waals surface area contributed by atoms with Crippen molar-refractivity contribution in [1.29, 1.82) is 0 Å². The van der Waals surface area contributed by atoms with Gasteiger partial charge in [-0.3, -0.25) is 0 Å². The summed E-state index contributed by atoms with van der Waals surface area (Å²) >= 11 is 1.73. The Balaban J connectivity index is 1.64. The van der Waals surface area contributed by atoms with Crippen LogP contribution < -0.4 is 5.32 Å². The molecule has 0 aliphatic rings. The van der Waals surface area contributed by atoms with Gasteiger partial charge in [-0.1, -0.05) is 51.9 Å². The van der Waals surface area contributed by atoms with Crippen molar-refractivity contribution in [3.05, 3.63) is 17.3 Å². The molecule has 2 rings (SSSR count). The van der Waals surface area contributed by atoms with E-state index in [0.717, 1.165) is 17.9 Å². The van der Waals surface area contributed by atoms with E-state index in [1.807, 2.05) is 0 Å². The number of fused-ring (bicyclic) bond motifs is 1. The molecule has 2 aromatic heterocycles. The van der Waals surface area contributed by atoms with Crippen LogP contribution in [0.3, 0.4) is 0 Å². The lowest BCUT2D eigenvalue weighted by Gasteiger charge is -2.06. The summed E-state index contributed by atoms with van der Waals surface area (Å²) in [5, 5.41) is 5.63. The summed E-state index contributed by atoms with van der Waals surface area (Å²) in [6, 6.07) is 0. The van der Waals surface area contributed by atoms with Crippen molar-refractivity contribution < 1.29 is 0 Å². The first kappa shape index (κ1) is 16.2. The highest BCUT2D eigenvalue weighted by molar-refractivity contribution is 7.18. The predicted octanol–water partition coefficient (Wildman–Crippen LogP) is 5.55. The maximum absolute atomic E-state index is 4.38. The number of anilines is 1. The summed E-state index contributed by atoms with van der Waals surface area (Å²) in [5.74, 6) is 1.00. The summed E-state index contributed by atoms with van der Waals surface area (Å²) in [4.78, 5) is 8.73. The second-order valence-corrected chi connectivity index (χ2v) is 6.60. The summed E-state index contributed by atoms with van der Waals surface area (Å²) in [7, 11) is 0. The maximum atomic E-state index is 4.38. The Kier molecular flexibility index (Phi) is 6.93. The molecule has 0 aromatic carbocycles. The highest BCUT2D eigenvalue weighted by Gasteiger charge is 2.07. The summed E-state index contributed by atoms with van der Waals surface area (Å²) in [6.07, 6.45) is 12.5. The van der Waals surface area contributed by atoms with Crippen molar-refractivity contribution in [3.8, 4) is 0 Å². The van der Waals surface area contributed by atoms with Crippen molar-refractivity contribution in [2.45, 2.75) is 65.2 Å². The van der Waals surface area contributed by atoms with Crippen molar-refractivity contribution in [3.63, 3.8) is 0 Å². The van der Waals surface area contributed by atoms with Gasteiger partial charge < -0.3 is 5.32 Å². The van der Waals surface area contributed by atoms with Gasteiger partial charge in [0.2, 0.25) is 0 Å². The lowest BCUT2D eigenvalue weighted by atomic mass is 10.1. The zero-order valence-electron chi connectivity index (χ0n) is 13.3. The third-order valence-electron chi connectivity index (χ3n) is 3.85. The minimum absolute atomic E-state index is 1.00. The van der Waals surface area contributed by atoms with Crippen molar-refractivity contribution in [2.24, 2.45) is 0 Å². The van der Waals surface area contributed by atoms with E-state index in [1.54, 1.807) is 17.7 Å². The molecule has 0 amide bonds. The SMILES string of the molecule is CCCCCCCCCCNc1ncnc2c(C)csc12. The van der Waals surface area contributed by atoms with Gasteiger partial charge in [0.05, 0.1) is 10.2 Å². The third-order valence-corrected chi connectivity index (χ3v) is 4.95. The van der Waals surface area contributed by atoms with Crippen LogP contribution in [0.2, 0.25) is 0 Å². The molecular formula is C17H27N3S. The third kappa shape index (κ3) is 4.95. The molecule has 4 heteroatoms. The van der Waals surface area contributed by atoms with Gasteiger partial charge in [-0.15, -0.1) is 11.3 Å². The molecule has 0 radical (unpaired) electrons. The number of nitrogens with zero attached hydrogens (tertiary/aromatic N) is 2. The fraction of sp³-hybridized carbons (Fsp3) is 0.647. The summed E-state index contributed by atoms with van der Waals surface area (Å²) in [6.45, 7) is 5.39. The molecule has 0 aliphatic heterocycles. The Labute approximate surface area is 132 Å². The quantitative estimate of drug-likeness (QED) is 0.585. The molecule has 3 nitrogen and oxygen atoms in total. The minimum Gasteiger partial charge on any atom is -0.369 e. The Morgan fingerprint density at radius 3 is 2.48 bits per heavy atom. The van der Waals surface area contributed by atoms with Crippen LogP contribution in [0.1, 0.15) is 63.9 Å². The number of unbranched alkanes of at least 4 members (excludes halogenated alkanes) is 7. The Morgan fingerprint density at radius 1 is 1.00 bits per heavy atom. The zero-order valence-corrected chi connectivity index (χ0v) is 14.1. The smallest absolute Gasteiger partial charge is 0.147 e. The summed E-state index contributed by atoms with van der Waals surface area (Å²) in [5.41, 5.74) is 2.33. The monoisotopic (exact) mass is 305 g/mol. The van der Waals surface area contributed by atoms with Gasteiger partial charge in [-0.25, -0.2) is 9.97 Å². The van der Waals surface area contributed by atoms with Crippen LogP contribution in [0.25, 0.3) is 10.2 Å². The second kappa shape index (κ2) is 8.98. The van der Waals surface area contributed by atoms with E-state index in [2.05, 4.69) is 34.5 Å². The largest absolute Gasteiger partial charge is 0.369 e. The van der Waals surface area contributed by atoms with Gasteiger partial charge in [-0.2, -0.15) is 0 Å². The lowest BCUT2D eigenvalue weighted by molar-refractivity contribution is 0.581. The Hall–Kier alpha value is -1.16. The fourth-order valence-corrected chi connectivity index (χ4v) is 3.53. The molecule has 116 valence electrons. The number of aryl methyl sites for hydroxylation is 1. The highest BCUT2D eigenvalue weighted by atomic mass is 32.1. The highest BCUT2D eigenvalue weighted by Crippen LogP contribution is 2.28. The van der Waals surface area contributed by atoms with Crippen molar-refractivity contribution in [1.82, 2.24) is 9.97 Å². The Bertz CT molecular complexity index is 536. The van der Waals surface area contributed by atoms with Gasteiger partial charge in [0.25, 0.3) is 0 Å². The van der Waals surface area contributed by atoms with Gasteiger partial charge in [0.1, 0.15) is 12.1 Å². The number of hydrogen-bond acceptors (Lipinski definition) is 4. The first-order valence-electron chi connectivity index (χ1n) is 8.25. The lowest BCUT2D eigenvalue weighted by Crippen LogP contribution is -2.03. The number of aromatic nitrogens is 2. The van der Waals surface area contributed by atoms with E-state index in [4.69, 9.17) is 0 Å². The molecule has 0 saturated heterocycles. The first-order valence-corrected chi connectivity index (χ1v) is 9.13. The van der Waals surface area contributed by atoms with E-state index < -0.39 is 0 Å². The normalized spacial score (nSPS) is 11.1. The van der Waals surface area contributed by atoms with Crippen LogP contribution in [0.15, 0.2) is 11.7 Å². The van der Waals surface area contributed by atoms with Crippen molar-refractivity contribution >= 4 is 27.4 Å². The van der Waals surface area contributed by atoms with E-state index in [1.165, 1.54) is 61.6 Å². The molecular weight excluding hydrogens is 278 g/mol. The van der Waals surface area contributed by atoms with Gasteiger partial charge >= 0.3 is 0 Å². The summed E-state index contributed by atoms with van der Waals surface area (Å²) < 4.78 is 1.19. The number of hydrogen-bond donors (Lipinski definition) is 1. The molecule has 0 saturated carbocycles. The second-order valence-electron chi connectivity index (χ2n) is 5.72. The van der Waals surface area contributed by atoms with Crippen LogP contribution in [-0.2, 0) is 0 Å². The average Bonchev–Trinajstić information content (AvgIpc) is 2.88. The molecule has 0 aliphatic carbocycles. The van der Waals surface area contributed by atoms with Crippen LogP contribution in [0.5, 0.6) is 0 Å². The van der Waals surface area contributed by atoms with E-state index in [0.29, 0.717) is 0 Å². The van der Waals surface area contributed by atoms with Crippen LogP contribution in [0, 0.1) is 6.92 Å². The molecule has 0 spiro atoms.